The second kappa shape index (κ2) is 7.81. The zero-order chi connectivity index (χ0) is 17.7. The van der Waals surface area contributed by atoms with E-state index in [2.05, 4.69) is 63.6 Å². The Labute approximate surface area is 142 Å². The van der Waals surface area contributed by atoms with Gasteiger partial charge in [-0.05, 0) is 71.4 Å². The first kappa shape index (κ1) is 19.5. The lowest BCUT2D eigenvalue weighted by atomic mass is 9.90. The van der Waals surface area contributed by atoms with Crippen LogP contribution >= 0.6 is 0 Å². The first-order valence-corrected chi connectivity index (χ1v) is 8.18. The second-order valence-electron chi connectivity index (χ2n) is 7.78. The number of hydrogen-bond donors (Lipinski definition) is 1. The maximum atomic E-state index is 10.4. The molecule has 0 fully saturated rings. The van der Waals surface area contributed by atoms with E-state index in [9.17, 15) is 5.11 Å². The summed E-state index contributed by atoms with van der Waals surface area (Å²) in [6.45, 7) is 13.7. The number of aryl methyl sites for hydroxylation is 1. The van der Waals surface area contributed by atoms with Gasteiger partial charge < -0.3 is 5.11 Å². The van der Waals surface area contributed by atoms with Crippen LogP contribution in [-0.2, 0) is 12.1 Å². The third-order valence-corrected chi connectivity index (χ3v) is 3.56. The van der Waals surface area contributed by atoms with Crippen molar-refractivity contribution in [2.75, 3.05) is 13.6 Å². The van der Waals surface area contributed by atoms with Crippen LogP contribution in [0.5, 0.6) is 0 Å². The average molecular weight is 313 g/mol. The van der Waals surface area contributed by atoms with E-state index in [1.165, 1.54) is 11.1 Å². The van der Waals surface area contributed by atoms with Gasteiger partial charge in [-0.2, -0.15) is 0 Å². The molecule has 0 aliphatic rings. The van der Waals surface area contributed by atoms with Crippen LogP contribution in [0.4, 0.5) is 0 Å². The van der Waals surface area contributed by atoms with Gasteiger partial charge >= 0.3 is 0 Å². The highest BCUT2D eigenvalue weighted by Gasteiger charge is 2.21. The molecule has 0 spiro atoms. The van der Waals surface area contributed by atoms with Crippen LogP contribution in [0.15, 0.2) is 30.4 Å². The van der Waals surface area contributed by atoms with Gasteiger partial charge in [-0.15, -0.1) is 0 Å². The van der Waals surface area contributed by atoms with E-state index in [0.29, 0.717) is 0 Å². The Kier molecular flexibility index (Phi) is 6.62. The molecule has 0 saturated carbocycles. The van der Waals surface area contributed by atoms with Crippen LogP contribution in [0, 0.1) is 24.2 Å². The number of rotatable bonds is 5. The highest BCUT2D eigenvalue weighted by Crippen LogP contribution is 2.26. The molecule has 0 atom stereocenters. The molecule has 0 radical (unpaired) electrons. The van der Waals surface area contributed by atoms with Gasteiger partial charge in [-0.3, -0.25) is 4.90 Å². The van der Waals surface area contributed by atoms with E-state index >= 15 is 0 Å². The lowest BCUT2D eigenvalue weighted by Crippen LogP contribution is -2.24. The summed E-state index contributed by atoms with van der Waals surface area (Å²) in [6.07, 6.45) is 4.01. The molecular formula is C21H31NO. The smallest absolute Gasteiger partial charge is 0.0843 e. The standard InChI is InChI=1S/C21H31NO/c1-17-12-11-13-19(21(5,6)23)18(17)16-22(7)15-10-8-9-14-20(2,3)4/h8,10-13,23H,15-16H2,1-7H3. The first-order valence-electron chi connectivity index (χ1n) is 8.18. The van der Waals surface area contributed by atoms with Crippen LogP contribution in [-0.4, -0.2) is 23.6 Å². The Morgan fingerprint density at radius 3 is 2.39 bits per heavy atom. The third-order valence-electron chi connectivity index (χ3n) is 3.56. The number of allylic oxidation sites excluding steroid dienone is 1. The van der Waals surface area contributed by atoms with E-state index in [-0.39, 0.29) is 5.41 Å². The number of nitrogens with zero attached hydrogens (tertiary/aromatic N) is 1. The summed E-state index contributed by atoms with van der Waals surface area (Å²) in [6, 6.07) is 6.12. The summed E-state index contributed by atoms with van der Waals surface area (Å²) in [4.78, 5) is 2.23. The molecule has 1 aromatic rings. The van der Waals surface area contributed by atoms with E-state index in [0.717, 1.165) is 18.7 Å². The van der Waals surface area contributed by atoms with E-state index < -0.39 is 5.60 Å². The molecule has 0 heterocycles. The van der Waals surface area contributed by atoms with E-state index in [1.807, 2.05) is 32.1 Å². The molecular weight excluding hydrogens is 282 g/mol. The molecule has 0 bridgehead atoms. The number of likely N-dealkylation sites (N-methyl/N-ethyl adjacent to an activating group) is 1. The molecule has 1 N–H and O–H groups in total. The van der Waals surface area contributed by atoms with E-state index in [4.69, 9.17) is 0 Å². The number of benzene rings is 1. The minimum atomic E-state index is -0.823. The number of aliphatic hydroxyl groups is 1. The SMILES string of the molecule is Cc1cccc(C(C)(C)O)c1CN(C)CC=CC#CC(C)(C)C. The number of hydrogen-bond acceptors (Lipinski definition) is 2. The lowest BCUT2D eigenvalue weighted by molar-refractivity contribution is 0.0768. The van der Waals surface area contributed by atoms with Crippen molar-refractivity contribution in [3.05, 3.63) is 47.0 Å². The Hall–Kier alpha value is -1.56. The average Bonchev–Trinajstić information content (AvgIpc) is 2.38. The fourth-order valence-electron chi connectivity index (χ4n) is 2.37. The monoisotopic (exact) mass is 313 g/mol. The van der Waals surface area contributed by atoms with Crippen molar-refractivity contribution in [1.29, 1.82) is 0 Å². The van der Waals surface area contributed by atoms with Gasteiger partial charge in [0.1, 0.15) is 0 Å². The van der Waals surface area contributed by atoms with E-state index in [1.54, 1.807) is 0 Å². The molecule has 0 unspecified atom stereocenters. The van der Waals surface area contributed by atoms with Crippen molar-refractivity contribution < 1.29 is 5.11 Å². The largest absolute Gasteiger partial charge is 0.386 e. The van der Waals surface area contributed by atoms with Gasteiger partial charge in [0.2, 0.25) is 0 Å². The summed E-state index contributed by atoms with van der Waals surface area (Å²) in [5.41, 5.74) is 2.64. The highest BCUT2D eigenvalue weighted by atomic mass is 16.3. The summed E-state index contributed by atoms with van der Waals surface area (Å²) >= 11 is 0. The van der Waals surface area contributed by atoms with Gasteiger partial charge in [-0.25, -0.2) is 0 Å². The van der Waals surface area contributed by atoms with Gasteiger partial charge in [0.15, 0.2) is 0 Å². The maximum absolute atomic E-state index is 10.4. The molecule has 0 aromatic heterocycles. The molecule has 126 valence electrons. The Balaban J connectivity index is 2.77. The zero-order valence-electron chi connectivity index (χ0n) is 15.7. The van der Waals surface area contributed by atoms with Crippen molar-refractivity contribution in [1.82, 2.24) is 4.90 Å². The molecule has 0 aliphatic heterocycles. The second-order valence-corrected chi connectivity index (χ2v) is 7.78. The summed E-state index contributed by atoms with van der Waals surface area (Å²) < 4.78 is 0. The minimum Gasteiger partial charge on any atom is -0.386 e. The Morgan fingerprint density at radius 2 is 1.83 bits per heavy atom. The molecule has 2 nitrogen and oxygen atoms in total. The van der Waals surface area contributed by atoms with Crippen LogP contribution in [0.25, 0.3) is 0 Å². The lowest BCUT2D eigenvalue weighted by Gasteiger charge is -2.25. The Bertz CT molecular complexity index is 603. The van der Waals surface area contributed by atoms with Crippen LogP contribution in [0.3, 0.4) is 0 Å². The molecule has 0 aliphatic carbocycles. The van der Waals surface area contributed by atoms with Gasteiger partial charge in [0.05, 0.1) is 5.60 Å². The van der Waals surface area contributed by atoms with Crippen LogP contribution < -0.4 is 0 Å². The first-order chi connectivity index (χ1) is 10.5. The summed E-state index contributed by atoms with van der Waals surface area (Å²) in [5, 5.41) is 10.4. The fraction of sp³-hybridized carbons (Fsp3) is 0.524. The van der Waals surface area contributed by atoms with Crippen molar-refractivity contribution in [2.24, 2.45) is 5.41 Å². The van der Waals surface area contributed by atoms with Crippen molar-refractivity contribution in [3.8, 4) is 11.8 Å². The summed E-state index contributed by atoms with van der Waals surface area (Å²) in [5.74, 6) is 6.29. The topological polar surface area (TPSA) is 23.5 Å². The predicted octanol–water partition coefficient (Wildman–Crippen LogP) is 4.26. The highest BCUT2D eigenvalue weighted by molar-refractivity contribution is 5.37. The van der Waals surface area contributed by atoms with Crippen LogP contribution in [0.2, 0.25) is 0 Å². The molecule has 1 rings (SSSR count). The van der Waals surface area contributed by atoms with Gasteiger partial charge in [0.25, 0.3) is 0 Å². The van der Waals surface area contributed by atoms with Gasteiger partial charge in [0, 0.05) is 18.5 Å². The van der Waals surface area contributed by atoms with Crippen LogP contribution in [0.1, 0.15) is 51.3 Å². The summed E-state index contributed by atoms with van der Waals surface area (Å²) in [7, 11) is 2.09. The quantitative estimate of drug-likeness (QED) is 0.821. The van der Waals surface area contributed by atoms with Crippen molar-refractivity contribution >= 4 is 0 Å². The minimum absolute atomic E-state index is 0.0407. The molecule has 1 aromatic carbocycles. The maximum Gasteiger partial charge on any atom is 0.0843 e. The van der Waals surface area contributed by atoms with Gasteiger partial charge in [-0.1, -0.05) is 36.1 Å². The normalized spacial score (nSPS) is 12.6. The third kappa shape index (κ3) is 7.03. The van der Waals surface area contributed by atoms with Crippen molar-refractivity contribution in [3.63, 3.8) is 0 Å². The molecule has 0 amide bonds. The molecule has 23 heavy (non-hydrogen) atoms. The van der Waals surface area contributed by atoms with Crippen molar-refractivity contribution in [2.45, 2.75) is 53.7 Å². The molecule has 0 saturated heterocycles. The zero-order valence-corrected chi connectivity index (χ0v) is 15.7. The molecule has 2 heteroatoms. The Morgan fingerprint density at radius 1 is 1.17 bits per heavy atom. The predicted molar refractivity (Wildman–Crippen MR) is 99.1 cm³/mol. The fourth-order valence-corrected chi connectivity index (χ4v) is 2.37.